The second kappa shape index (κ2) is 3.92. The highest BCUT2D eigenvalue weighted by Gasteiger charge is 2.10. The smallest absolute Gasteiger partial charge is 0.162 e. The van der Waals surface area contributed by atoms with Crippen LogP contribution in [0.1, 0.15) is 34.3 Å². The largest absolute Gasteiger partial charge is 0.361 e. The van der Waals surface area contributed by atoms with Crippen molar-refractivity contribution in [2.75, 3.05) is 0 Å². The Morgan fingerprint density at radius 2 is 2.25 bits per heavy atom. The van der Waals surface area contributed by atoms with Crippen molar-refractivity contribution < 1.29 is 9.32 Å². The molecule has 0 saturated carbocycles. The van der Waals surface area contributed by atoms with Crippen LogP contribution in [0.2, 0.25) is 0 Å². The van der Waals surface area contributed by atoms with E-state index in [4.69, 9.17) is 4.52 Å². The third kappa shape index (κ3) is 1.88. The molecule has 5 nitrogen and oxygen atoms in total. The van der Waals surface area contributed by atoms with Crippen LogP contribution in [0.15, 0.2) is 16.9 Å². The normalized spacial score (nSPS) is 10.7. The Labute approximate surface area is 93.0 Å². The second-order valence-corrected chi connectivity index (χ2v) is 3.79. The van der Waals surface area contributed by atoms with Crippen molar-refractivity contribution in [3.63, 3.8) is 0 Å². The average molecular weight is 219 g/mol. The summed E-state index contributed by atoms with van der Waals surface area (Å²) in [6, 6.07) is 0. The predicted octanol–water partition coefficient (Wildman–Crippen LogP) is 1.74. The summed E-state index contributed by atoms with van der Waals surface area (Å²) in [5.41, 5.74) is 2.49. The molecule has 0 atom stereocenters. The van der Waals surface area contributed by atoms with Gasteiger partial charge in [0.2, 0.25) is 0 Å². The number of ketones is 1. The molecule has 5 heteroatoms. The van der Waals surface area contributed by atoms with E-state index in [0.717, 1.165) is 17.0 Å². The fourth-order valence-electron chi connectivity index (χ4n) is 1.52. The molecular formula is C11H13N3O2. The molecule has 0 radical (unpaired) electrons. The van der Waals surface area contributed by atoms with Gasteiger partial charge in [-0.05, 0) is 20.8 Å². The van der Waals surface area contributed by atoms with Gasteiger partial charge in [0.15, 0.2) is 5.78 Å². The Bertz CT molecular complexity index is 506. The molecule has 0 amide bonds. The molecule has 0 aromatic carbocycles. The highest BCUT2D eigenvalue weighted by atomic mass is 16.5. The minimum atomic E-state index is 0.0185. The van der Waals surface area contributed by atoms with Gasteiger partial charge in [0.1, 0.15) is 5.76 Å². The summed E-state index contributed by atoms with van der Waals surface area (Å²) >= 11 is 0. The number of Topliss-reactive ketones (excluding diaryl/α,β-unsaturated/α-hetero) is 1. The first-order valence-corrected chi connectivity index (χ1v) is 5.03. The van der Waals surface area contributed by atoms with Crippen molar-refractivity contribution in [3.05, 3.63) is 35.0 Å². The van der Waals surface area contributed by atoms with Crippen LogP contribution in [-0.4, -0.2) is 20.7 Å². The number of hydrogen-bond donors (Lipinski definition) is 0. The molecule has 2 aromatic rings. The zero-order valence-electron chi connectivity index (χ0n) is 9.52. The molecule has 2 aromatic heterocycles. The maximum atomic E-state index is 11.1. The van der Waals surface area contributed by atoms with E-state index >= 15 is 0 Å². The lowest BCUT2D eigenvalue weighted by Gasteiger charge is -1.99. The Kier molecular flexibility index (Phi) is 2.60. The highest BCUT2D eigenvalue weighted by molar-refractivity contribution is 5.93. The quantitative estimate of drug-likeness (QED) is 0.738. The van der Waals surface area contributed by atoms with E-state index in [9.17, 15) is 4.79 Å². The number of nitrogens with zero attached hydrogens (tertiary/aromatic N) is 3. The van der Waals surface area contributed by atoms with Gasteiger partial charge in [-0.2, -0.15) is 5.10 Å². The minimum absolute atomic E-state index is 0.0185. The highest BCUT2D eigenvalue weighted by Crippen LogP contribution is 2.13. The lowest BCUT2D eigenvalue weighted by atomic mass is 10.2. The van der Waals surface area contributed by atoms with Gasteiger partial charge >= 0.3 is 0 Å². The summed E-state index contributed by atoms with van der Waals surface area (Å²) in [6.45, 7) is 5.86. The van der Waals surface area contributed by atoms with E-state index in [1.807, 2.05) is 13.8 Å². The predicted molar refractivity (Wildman–Crippen MR) is 57.3 cm³/mol. The molecule has 84 valence electrons. The van der Waals surface area contributed by atoms with Crippen LogP contribution in [0.5, 0.6) is 0 Å². The molecule has 0 spiro atoms. The Morgan fingerprint density at radius 1 is 1.50 bits per heavy atom. The monoisotopic (exact) mass is 219 g/mol. The summed E-state index contributed by atoms with van der Waals surface area (Å²) in [4.78, 5) is 11.1. The fourth-order valence-corrected chi connectivity index (χ4v) is 1.52. The van der Waals surface area contributed by atoms with Crippen molar-refractivity contribution in [2.24, 2.45) is 0 Å². The third-order valence-corrected chi connectivity index (χ3v) is 2.54. The number of hydrogen-bond acceptors (Lipinski definition) is 4. The Morgan fingerprint density at radius 3 is 2.75 bits per heavy atom. The summed E-state index contributed by atoms with van der Waals surface area (Å²) in [7, 11) is 0. The van der Waals surface area contributed by atoms with Gasteiger partial charge in [-0.1, -0.05) is 5.16 Å². The van der Waals surface area contributed by atoms with E-state index in [-0.39, 0.29) is 5.78 Å². The summed E-state index contributed by atoms with van der Waals surface area (Å²) < 4.78 is 6.78. The van der Waals surface area contributed by atoms with E-state index in [1.54, 1.807) is 17.1 Å². The lowest BCUT2D eigenvalue weighted by molar-refractivity contribution is 0.101. The summed E-state index contributed by atoms with van der Waals surface area (Å²) in [5.74, 6) is 0.808. The average Bonchev–Trinajstić information content (AvgIpc) is 2.80. The second-order valence-electron chi connectivity index (χ2n) is 3.79. The first-order chi connectivity index (χ1) is 7.58. The maximum Gasteiger partial charge on any atom is 0.162 e. The van der Waals surface area contributed by atoms with Gasteiger partial charge < -0.3 is 4.52 Å². The van der Waals surface area contributed by atoms with Gasteiger partial charge in [0, 0.05) is 11.8 Å². The lowest BCUT2D eigenvalue weighted by Crippen LogP contribution is -2.02. The number of aryl methyl sites for hydroxylation is 2. The zero-order chi connectivity index (χ0) is 11.7. The van der Waals surface area contributed by atoms with Crippen LogP contribution < -0.4 is 0 Å². The molecule has 0 bridgehead atoms. The van der Waals surface area contributed by atoms with Gasteiger partial charge in [0.05, 0.1) is 24.0 Å². The van der Waals surface area contributed by atoms with Crippen LogP contribution in [0, 0.1) is 13.8 Å². The van der Waals surface area contributed by atoms with Crippen LogP contribution in [-0.2, 0) is 6.54 Å². The van der Waals surface area contributed by atoms with E-state index in [0.29, 0.717) is 12.1 Å². The van der Waals surface area contributed by atoms with E-state index in [1.165, 1.54) is 6.92 Å². The van der Waals surface area contributed by atoms with Gasteiger partial charge in [0.25, 0.3) is 0 Å². The van der Waals surface area contributed by atoms with Crippen molar-refractivity contribution in [2.45, 2.75) is 27.3 Å². The third-order valence-electron chi connectivity index (χ3n) is 2.54. The van der Waals surface area contributed by atoms with Crippen molar-refractivity contribution in [1.82, 2.24) is 14.9 Å². The van der Waals surface area contributed by atoms with Crippen LogP contribution in [0.25, 0.3) is 0 Å². The Balaban J connectivity index is 2.24. The summed E-state index contributed by atoms with van der Waals surface area (Å²) in [6.07, 6.45) is 3.30. The SMILES string of the molecule is CC(=O)c1cnn(Cc2c(C)noc2C)c1. The van der Waals surface area contributed by atoms with Crippen molar-refractivity contribution in [1.29, 1.82) is 0 Å². The molecule has 0 aliphatic carbocycles. The molecule has 0 N–H and O–H groups in total. The van der Waals surface area contributed by atoms with E-state index in [2.05, 4.69) is 10.3 Å². The number of carbonyl (C=O) groups is 1. The first-order valence-electron chi connectivity index (χ1n) is 5.03. The summed E-state index contributed by atoms with van der Waals surface area (Å²) in [5, 5.41) is 7.99. The molecule has 0 fully saturated rings. The molecule has 0 aliphatic heterocycles. The standard InChI is InChI=1S/C11H13N3O2/c1-7-11(9(3)16-13-7)6-14-5-10(4-12-14)8(2)15/h4-5H,6H2,1-3H3. The molecular weight excluding hydrogens is 206 g/mol. The minimum Gasteiger partial charge on any atom is -0.361 e. The number of rotatable bonds is 3. The van der Waals surface area contributed by atoms with Gasteiger partial charge in [-0.15, -0.1) is 0 Å². The van der Waals surface area contributed by atoms with Crippen LogP contribution in [0.4, 0.5) is 0 Å². The van der Waals surface area contributed by atoms with Crippen molar-refractivity contribution >= 4 is 5.78 Å². The topological polar surface area (TPSA) is 60.9 Å². The van der Waals surface area contributed by atoms with Crippen LogP contribution >= 0.6 is 0 Å². The molecule has 2 heterocycles. The Hall–Kier alpha value is -1.91. The molecule has 0 aliphatic rings. The zero-order valence-corrected chi connectivity index (χ0v) is 9.52. The fraction of sp³-hybridized carbons (Fsp3) is 0.364. The molecule has 0 saturated heterocycles. The maximum absolute atomic E-state index is 11.1. The van der Waals surface area contributed by atoms with Gasteiger partial charge in [-0.3, -0.25) is 9.48 Å². The number of aromatic nitrogens is 3. The van der Waals surface area contributed by atoms with Gasteiger partial charge in [-0.25, -0.2) is 0 Å². The molecule has 0 unspecified atom stereocenters. The van der Waals surface area contributed by atoms with Crippen molar-refractivity contribution in [3.8, 4) is 0 Å². The van der Waals surface area contributed by atoms with Crippen LogP contribution in [0.3, 0.4) is 0 Å². The molecule has 16 heavy (non-hydrogen) atoms. The molecule has 2 rings (SSSR count). The van der Waals surface area contributed by atoms with E-state index < -0.39 is 0 Å². The first kappa shape index (κ1) is 10.6. The number of carbonyl (C=O) groups excluding carboxylic acids is 1.